The highest BCUT2D eigenvalue weighted by molar-refractivity contribution is 7.89. The van der Waals surface area contributed by atoms with Crippen LogP contribution in [0.1, 0.15) is 44.0 Å². The summed E-state index contributed by atoms with van der Waals surface area (Å²) in [7, 11) is -3.57. The molecule has 1 aromatic carbocycles. The van der Waals surface area contributed by atoms with Gasteiger partial charge in [-0.25, -0.2) is 8.42 Å². The number of carbonyl (C=O) groups excluding carboxylic acids is 1. The van der Waals surface area contributed by atoms with Gasteiger partial charge in [0.25, 0.3) is 5.91 Å². The molecule has 1 fully saturated rings. The van der Waals surface area contributed by atoms with Crippen molar-refractivity contribution in [2.24, 2.45) is 0 Å². The highest BCUT2D eigenvalue weighted by atomic mass is 32.2. The van der Waals surface area contributed by atoms with Crippen molar-refractivity contribution in [3.8, 4) is 0 Å². The third kappa shape index (κ3) is 4.84. The molecule has 7 heteroatoms. The summed E-state index contributed by atoms with van der Waals surface area (Å²) in [5.41, 5.74) is 0.448. The third-order valence-electron chi connectivity index (χ3n) is 4.77. The van der Waals surface area contributed by atoms with Crippen molar-refractivity contribution in [3.63, 3.8) is 0 Å². The maximum absolute atomic E-state index is 12.9. The number of rotatable bonds is 8. The summed E-state index contributed by atoms with van der Waals surface area (Å²) >= 11 is 0. The molecule has 26 heavy (non-hydrogen) atoms. The van der Waals surface area contributed by atoms with Gasteiger partial charge in [-0.1, -0.05) is 26.8 Å². The summed E-state index contributed by atoms with van der Waals surface area (Å²) in [6, 6.07) is 6.48. The van der Waals surface area contributed by atoms with Gasteiger partial charge in [0.1, 0.15) is 0 Å². The molecule has 2 rings (SSSR count). The fraction of sp³-hybridized carbons (Fsp3) is 0.632. The first-order valence-corrected chi connectivity index (χ1v) is 11.0. The number of hydrogen-bond acceptors (Lipinski definition) is 4. The summed E-state index contributed by atoms with van der Waals surface area (Å²) < 4.78 is 27.4. The van der Waals surface area contributed by atoms with Gasteiger partial charge < -0.3 is 9.80 Å². The van der Waals surface area contributed by atoms with Crippen molar-refractivity contribution in [2.45, 2.75) is 38.5 Å². The van der Waals surface area contributed by atoms with E-state index >= 15 is 0 Å². The number of likely N-dealkylation sites (N-methyl/N-ethyl adjacent to an activating group) is 1. The topological polar surface area (TPSA) is 60.9 Å². The Kier molecular flexibility index (Phi) is 7.61. The van der Waals surface area contributed by atoms with Gasteiger partial charge in [-0.05, 0) is 37.6 Å². The standard InChI is InChI=1S/C19H31N3O3S/c1-4-10-22(11-5-2)26(24,25)18-9-7-8-17(16-18)19(23)21-14-12-20(6-3)13-15-21/h7-9,16H,4-6,10-15H2,1-3H3. The van der Waals surface area contributed by atoms with Crippen LogP contribution in [-0.4, -0.2) is 74.2 Å². The zero-order valence-corrected chi connectivity index (χ0v) is 17.0. The molecule has 0 aromatic heterocycles. The molecule has 0 saturated carbocycles. The van der Waals surface area contributed by atoms with Gasteiger partial charge in [-0.2, -0.15) is 4.31 Å². The highest BCUT2D eigenvalue weighted by Gasteiger charge is 2.26. The van der Waals surface area contributed by atoms with Crippen LogP contribution in [0.15, 0.2) is 29.2 Å². The van der Waals surface area contributed by atoms with Crippen LogP contribution in [0.3, 0.4) is 0 Å². The zero-order valence-electron chi connectivity index (χ0n) is 16.1. The van der Waals surface area contributed by atoms with Crippen molar-refractivity contribution in [3.05, 3.63) is 29.8 Å². The number of carbonyl (C=O) groups is 1. The normalized spacial score (nSPS) is 16.2. The number of sulfonamides is 1. The van der Waals surface area contributed by atoms with Gasteiger partial charge in [0, 0.05) is 44.8 Å². The van der Waals surface area contributed by atoms with Gasteiger partial charge in [-0.15, -0.1) is 0 Å². The molecule has 0 aliphatic carbocycles. The molecule has 1 aromatic rings. The van der Waals surface area contributed by atoms with E-state index in [-0.39, 0.29) is 10.8 Å². The number of amides is 1. The molecule has 0 N–H and O–H groups in total. The lowest BCUT2D eigenvalue weighted by atomic mass is 10.2. The van der Waals surface area contributed by atoms with Crippen LogP contribution in [0.4, 0.5) is 0 Å². The molecule has 1 aliphatic heterocycles. The molecule has 1 amide bonds. The van der Waals surface area contributed by atoms with Crippen molar-refractivity contribution >= 4 is 15.9 Å². The number of piperazine rings is 1. The van der Waals surface area contributed by atoms with Gasteiger partial charge in [-0.3, -0.25) is 4.79 Å². The van der Waals surface area contributed by atoms with Crippen LogP contribution in [-0.2, 0) is 10.0 Å². The van der Waals surface area contributed by atoms with Crippen LogP contribution in [0, 0.1) is 0 Å². The number of nitrogens with zero attached hydrogens (tertiary/aromatic N) is 3. The molecule has 0 atom stereocenters. The smallest absolute Gasteiger partial charge is 0.253 e. The summed E-state index contributed by atoms with van der Waals surface area (Å²) in [5.74, 6) is -0.0877. The molecule has 0 bridgehead atoms. The summed E-state index contributed by atoms with van der Waals surface area (Å²) in [5, 5.41) is 0. The second-order valence-corrected chi connectivity index (χ2v) is 8.60. The Bertz CT molecular complexity index is 692. The number of hydrogen-bond donors (Lipinski definition) is 0. The first-order valence-electron chi connectivity index (χ1n) is 9.55. The predicted octanol–water partition coefficient (Wildman–Crippen LogP) is 2.28. The average Bonchev–Trinajstić information content (AvgIpc) is 2.67. The van der Waals surface area contributed by atoms with Crippen molar-refractivity contribution in [2.75, 3.05) is 45.8 Å². The van der Waals surface area contributed by atoms with Crippen LogP contribution in [0.5, 0.6) is 0 Å². The van der Waals surface area contributed by atoms with E-state index < -0.39 is 10.0 Å². The van der Waals surface area contributed by atoms with E-state index in [0.29, 0.717) is 31.7 Å². The van der Waals surface area contributed by atoms with E-state index in [1.807, 2.05) is 18.7 Å². The van der Waals surface area contributed by atoms with E-state index in [0.717, 1.165) is 32.5 Å². The predicted molar refractivity (Wildman–Crippen MR) is 104 cm³/mol. The third-order valence-corrected chi connectivity index (χ3v) is 6.67. The van der Waals surface area contributed by atoms with Crippen LogP contribution < -0.4 is 0 Å². The Hall–Kier alpha value is -1.44. The monoisotopic (exact) mass is 381 g/mol. The fourth-order valence-electron chi connectivity index (χ4n) is 3.24. The number of benzene rings is 1. The summed E-state index contributed by atoms with van der Waals surface area (Å²) in [6.45, 7) is 11.1. The van der Waals surface area contributed by atoms with Crippen molar-refractivity contribution in [1.82, 2.24) is 14.1 Å². The minimum absolute atomic E-state index is 0.0877. The van der Waals surface area contributed by atoms with E-state index in [2.05, 4.69) is 11.8 Å². The second-order valence-electron chi connectivity index (χ2n) is 6.66. The summed E-state index contributed by atoms with van der Waals surface area (Å²) in [6.07, 6.45) is 1.53. The van der Waals surface area contributed by atoms with Crippen LogP contribution in [0.2, 0.25) is 0 Å². The molecule has 1 saturated heterocycles. The van der Waals surface area contributed by atoms with E-state index in [1.165, 1.54) is 10.4 Å². The molecule has 1 heterocycles. The average molecular weight is 382 g/mol. The molecule has 0 spiro atoms. The lowest BCUT2D eigenvalue weighted by molar-refractivity contribution is 0.0643. The molecule has 146 valence electrons. The van der Waals surface area contributed by atoms with E-state index in [1.54, 1.807) is 18.2 Å². The van der Waals surface area contributed by atoms with Gasteiger partial charge in [0.05, 0.1) is 4.90 Å². The largest absolute Gasteiger partial charge is 0.336 e. The molecule has 1 aliphatic rings. The van der Waals surface area contributed by atoms with Gasteiger partial charge >= 0.3 is 0 Å². The Labute approximate surface area is 157 Å². The van der Waals surface area contributed by atoms with Gasteiger partial charge in [0.15, 0.2) is 0 Å². The van der Waals surface area contributed by atoms with Crippen LogP contribution >= 0.6 is 0 Å². The maximum Gasteiger partial charge on any atom is 0.253 e. The Balaban J connectivity index is 2.20. The maximum atomic E-state index is 12.9. The lowest BCUT2D eigenvalue weighted by Crippen LogP contribution is -2.48. The minimum Gasteiger partial charge on any atom is -0.336 e. The Morgan fingerprint density at radius 3 is 2.19 bits per heavy atom. The fourth-order valence-corrected chi connectivity index (χ4v) is 4.91. The molecule has 0 radical (unpaired) electrons. The zero-order chi connectivity index (χ0) is 19.2. The van der Waals surface area contributed by atoms with E-state index in [4.69, 9.17) is 0 Å². The SMILES string of the molecule is CCCN(CCC)S(=O)(=O)c1cccc(C(=O)N2CCN(CC)CC2)c1. The first kappa shape index (κ1) is 20.9. The molecular formula is C19H31N3O3S. The van der Waals surface area contributed by atoms with Crippen molar-refractivity contribution < 1.29 is 13.2 Å². The molecular weight excluding hydrogens is 350 g/mol. The highest BCUT2D eigenvalue weighted by Crippen LogP contribution is 2.19. The first-order chi connectivity index (χ1) is 12.4. The lowest BCUT2D eigenvalue weighted by Gasteiger charge is -2.34. The molecule has 6 nitrogen and oxygen atoms in total. The molecule has 0 unspecified atom stereocenters. The second kappa shape index (κ2) is 9.48. The van der Waals surface area contributed by atoms with Gasteiger partial charge in [0.2, 0.25) is 10.0 Å². The quantitative estimate of drug-likeness (QED) is 0.693. The van der Waals surface area contributed by atoms with Crippen molar-refractivity contribution in [1.29, 1.82) is 0 Å². The Morgan fingerprint density at radius 1 is 1.04 bits per heavy atom. The minimum atomic E-state index is -3.57. The Morgan fingerprint density at radius 2 is 1.65 bits per heavy atom. The summed E-state index contributed by atoms with van der Waals surface area (Å²) in [4.78, 5) is 17.1. The van der Waals surface area contributed by atoms with Crippen LogP contribution in [0.25, 0.3) is 0 Å². The van der Waals surface area contributed by atoms with E-state index in [9.17, 15) is 13.2 Å².